The Morgan fingerprint density at radius 3 is 2.10 bits per heavy atom. The molecule has 0 heterocycles. The number of nitrogens with one attached hydrogen (secondary N) is 4. The monoisotopic (exact) mass is 562 g/mol. The molecule has 0 spiro atoms. The Balaban J connectivity index is 0.00000462. The lowest BCUT2D eigenvalue weighted by molar-refractivity contribution is -0.133. The van der Waals surface area contributed by atoms with Crippen LogP contribution in [0.15, 0.2) is 48.5 Å². The van der Waals surface area contributed by atoms with Gasteiger partial charge in [-0.25, -0.2) is 5.48 Å². The molecule has 3 saturated carbocycles. The van der Waals surface area contributed by atoms with E-state index >= 15 is 0 Å². The van der Waals surface area contributed by atoms with Gasteiger partial charge in [0.25, 0.3) is 11.8 Å². The fourth-order valence-electron chi connectivity index (χ4n) is 6.03. The second kappa shape index (κ2) is 13.3. The number of fused-ring (bicyclic) bond motifs is 2. The normalized spacial score (nSPS) is 23.3. The van der Waals surface area contributed by atoms with Crippen molar-refractivity contribution in [2.75, 3.05) is 11.9 Å². The van der Waals surface area contributed by atoms with Crippen molar-refractivity contribution in [1.82, 2.24) is 16.1 Å². The lowest BCUT2D eigenvalue weighted by atomic mass is 9.45. The van der Waals surface area contributed by atoms with E-state index in [1.165, 1.54) is 18.8 Å². The summed E-state index contributed by atoms with van der Waals surface area (Å²) >= 11 is 0. The van der Waals surface area contributed by atoms with Crippen molar-refractivity contribution in [2.24, 2.45) is 23.2 Å². The van der Waals surface area contributed by atoms with Gasteiger partial charge in [0.1, 0.15) is 6.04 Å². The summed E-state index contributed by atoms with van der Waals surface area (Å²) in [6.07, 6.45) is 1.25. The van der Waals surface area contributed by atoms with E-state index in [9.17, 15) is 19.5 Å². The quantitative estimate of drug-likeness (QED) is 0.166. The van der Waals surface area contributed by atoms with Gasteiger partial charge in [-0.3, -0.25) is 19.6 Å². The van der Waals surface area contributed by atoms with Crippen LogP contribution < -0.4 is 21.4 Å². The van der Waals surface area contributed by atoms with E-state index < -0.39 is 24.0 Å². The molecule has 2 bridgehead atoms. The number of aliphatic hydroxyl groups excluding tert-OH is 1. The third-order valence-electron chi connectivity index (χ3n) is 8.71. The van der Waals surface area contributed by atoms with Crippen LogP contribution in [0.1, 0.15) is 69.4 Å². The van der Waals surface area contributed by atoms with Gasteiger partial charge >= 0.3 is 0 Å². The highest BCUT2D eigenvalue weighted by molar-refractivity contribution is 5.97. The Morgan fingerprint density at radius 1 is 1.00 bits per heavy atom. The lowest BCUT2D eigenvalue weighted by Gasteiger charge is -2.62. The Kier molecular flexibility index (Phi) is 10.3. The first-order valence-electron chi connectivity index (χ1n) is 13.7. The topological polar surface area (TPSA) is 140 Å². The summed E-state index contributed by atoms with van der Waals surface area (Å²) in [5, 5.41) is 27.2. The van der Waals surface area contributed by atoms with Gasteiger partial charge in [0, 0.05) is 28.4 Å². The number of amides is 3. The van der Waals surface area contributed by atoms with Crippen molar-refractivity contribution in [1.29, 1.82) is 0 Å². The van der Waals surface area contributed by atoms with Gasteiger partial charge in [-0.1, -0.05) is 40.0 Å². The molecule has 6 N–H and O–H groups in total. The average molecular weight is 563 g/mol. The number of rotatable bonds is 8. The van der Waals surface area contributed by atoms with E-state index in [-0.39, 0.29) is 18.9 Å². The van der Waals surface area contributed by atoms with Crippen molar-refractivity contribution in [3.05, 3.63) is 65.2 Å². The number of hydrogen-bond acceptors (Lipinski definition) is 6. The van der Waals surface area contributed by atoms with Crippen LogP contribution in [0.5, 0.6) is 0 Å². The zero-order chi connectivity index (χ0) is 29.0. The fourth-order valence-corrected chi connectivity index (χ4v) is 6.03. The molecule has 3 aliphatic carbocycles. The summed E-state index contributed by atoms with van der Waals surface area (Å²) < 4.78 is 0. The molecular formula is C32H42N4O5. The van der Waals surface area contributed by atoms with E-state index in [1.54, 1.807) is 24.3 Å². The minimum Gasteiger partial charge on any atom is -0.391 e. The SMILES string of the molecule is C.C[C@@H]1[C@@H](NCC(=O)Nc2ccc(C#Cc3ccc(C(=O)N[C@H](C(=O)NO)[C@@H](C)O)cc3)cc2)C[C@H]2C[C@@H]1C2(C)C. The van der Waals surface area contributed by atoms with Crippen LogP contribution >= 0.6 is 0 Å². The predicted octanol–water partition coefficient (Wildman–Crippen LogP) is 3.31. The molecule has 220 valence electrons. The summed E-state index contributed by atoms with van der Waals surface area (Å²) in [6.45, 7) is 8.67. The van der Waals surface area contributed by atoms with Crippen molar-refractivity contribution < 1.29 is 24.7 Å². The number of hydrogen-bond donors (Lipinski definition) is 6. The molecule has 9 heteroatoms. The van der Waals surface area contributed by atoms with E-state index in [0.717, 1.165) is 23.8 Å². The molecule has 0 aliphatic heterocycles. The van der Waals surface area contributed by atoms with E-state index in [2.05, 4.69) is 48.6 Å². The first-order valence-corrected chi connectivity index (χ1v) is 13.7. The van der Waals surface area contributed by atoms with Gasteiger partial charge in [0.15, 0.2) is 0 Å². The molecule has 0 saturated heterocycles. The summed E-state index contributed by atoms with van der Waals surface area (Å²) in [6, 6.07) is 12.8. The van der Waals surface area contributed by atoms with Gasteiger partial charge in [-0.2, -0.15) is 0 Å². The third-order valence-corrected chi connectivity index (χ3v) is 8.71. The number of carbonyl (C=O) groups is 3. The molecule has 9 nitrogen and oxygen atoms in total. The molecule has 6 atom stereocenters. The maximum absolute atomic E-state index is 12.5. The first kappa shape index (κ1) is 31.8. The van der Waals surface area contributed by atoms with Crippen LogP contribution in [0, 0.1) is 35.0 Å². The highest BCUT2D eigenvalue weighted by Gasteiger charge is 2.56. The molecular weight excluding hydrogens is 520 g/mol. The van der Waals surface area contributed by atoms with Crippen molar-refractivity contribution in [2.45, 2.75) is 66.2 Å². The van der Waals surface area contributed by atoms with Gasteiger partial charge < -0.3 is 21.1 Å². The number of carbonyl (C=O) groups excluding carboxylic acids is 3. The summed E-state index contributed by atoms with van der Waals surface area (Å²) in [5.74, 6) is 6.58. The van der Waals surface area contributed by atoms with Gasteiger partial charge in [0.05, 0.1) is 12.6 Å². The fraction of sp³-hybridized carbons (Fsp3) is 0.469. The van der Waals surface area contributed by atoms with E-state index in [4.69, 9.17) is 5.21 Å². The van der Waals surface area contributed by atoms with Crippen molar-refractivity contribution in [3.63, 3.8) is 0 Å². The molecule has 5 rings (SSSR count). The van der Waals surface area contributed by atoms with E-state index in [0.29, 0.717) is 35.2 Å². The maximum atomic E-state index is 12.5. The molecule has 0 aromatic heterocycles. The van der Waals surface area contributed by atoms with Crippen LogP contribution in [0.4, 0.5) is 5.69 Å². The smallest absolute Gasteiger partial charge is 0.268 e. The molecule has 41 heavy (non-hydrogen) atoms. The number of benzene rings is 2. The minimum atomic E-state index is -1.29. The molecule has 3 aliphatic rings. The van der Waals surface area contributed by atoms with Gasteiger partial charge in [-0.05, 0) is 91.5 Å². The Hall–Kier alpha value is -3.71. The largest absolute Gasteiger partial charge is 0.391 e. The zero-order valence-corrected chi connectivity index (χ0v) is 23.3. The molecule has 0 unspecified atom stereocenters. The second-order valence-electron chi connectivity index (χ2n) is 11.6. The van der Waals surface area contributed by atoms with Crippen LogP contribution in [0.3, 0.4) is 0 Å². The van der Waals surface area contributed by atoms with Crippen LogP contribution in [-0.2, 0) is 9.59 Å². The van der Waals surface area contributed by atoms with Crippen LogP contribution in [-0.4, -0.2) is 52.8 Å². The summed E-state index contributed by atoms with van der Waals surface area (Å²) in [7, 11) is 0. The first-order chi connectivity index (χ1) is 19.0. The van der Waals surface area contributed by atoms with Crippen LogP contribution in [0.2, 0.25) is 0 Å². The predicted molar refractivity (Wildman–Crippen MR) is 158 cm³/mol. The Bertz CT molecular complexity index is 1290. The number of aliphatic hydroxyl groups is 1. The zero-order valence-electron chi connectivity index (χ0n) is 23.3. The average Bonchev–Trinajstić information content (AvgIpc) is 2.94. The summed E-state index contributed by atoms with van der Waals surface area (Å²) in [5.41, 5.74) is 4.28. The highest BCUT2D eigenvalue weighted by Crippen LogP contribution is 2.61. The Morgan fingerprint density at radius 2 is 1.59 bits per heavy atom. The molecule has 3 amide bonds. The highest BCUT2D eigenvalue weighted by atomic mass is 16.5. The minimum absolute atomic E-state index is 0. The molecule has 0 radical (unpaired) electrons. The summed E-state index contributed by atoms with van der Waals surface area (Å²) in [4.78, 5) is 36.5. The lowest BCUT2D eigenvalue weighted by Crippen LogP contribution is -2.60. The number of hydroxylamine groups is 1. The molecule has 2 aromatic rings. The molecule has 3 fully saturated rings. The third kappa shape index (κ3) is 7.33. The van der Waals surface area contributed by atoms with Gasteiger partial charge in [0.2, 0.25) is 5.91 Å². The van der Waals surface area contributed by atoms with Crippen molar-refractivity contribution in [3.8, 4) is 11.8 Å². The van der Waals surface area contributed by atoms with Crippen molar-refractivity contribution >= 4 is 23.4 Å². The van der Waals surface area contributed by atoms with Crippen LogP contribution in [0.25, 0.3) is 0 Å². The van der Waals surface area contributed by atoms with E-state index in [1.807, 2.05) is 24.3 Å². The second-order valence-corrected chi connectivity index (χ2v) is 11.6. The maximum Gasteiger partial charge on any atom is 0.268 e. The Labute approximate surface area is 242 Å². The standard InChI is InChI=1S/C31H38N4O5.CH4/c1-18-25-15-23(31(25,3)4)16-26(18)32-17-27(37)33-24-13-9-21(10-14-24)6-5-20-7-11-22(12-8-20)29(38)34-28(19(2)36)30(39)35-40;/h7-14,18-19,23,25-26,28,32,36,40H,15-17H2,1-4H3,(H,33,37)(H,34,38)(H,35,39);1H4/t18-,19+,23+,25-,26-,28-;/m0./s1. The van der Waals surface area contributed by atoms with Gasteiger partial charge in [-0.15, -0.1) is 0 Å². The number of anilines is 1. The molecule has 2 aromatic carbocycles.